The van der Waals surface area contributed by atoms with Crippen molar-refractivity contribution in [2.24, 2.45) is 0 Å². The summed E-state index contributed by atoms with van der Waals surface area (Å²) in [7, 11) is 0. The third-order valence-corrected chi connectivity index (χ3v) is 1.95. The molecular weight excluding hydrogens is 181 g/mol. The number of rotatable bonds is 2. The number of hydrogen-bond acceptors (Lipinski definition) is 2. The molecule has 3 nitrogen and oxygen atoms in total. The Balaban J connectivity index is 2.34. The van der Waals surface area contributed by atoms with Crippen LogP contribution in [-0.2, 0) is 6.42 Å². The zero-order valence-corrected chi connectivity index (χ0v) is 7.81. The highest BCUT2D eigenvalue weighted by Crippen LogP contribution is 2.07. The van der Waals surface area contributed by atoms with E-state index in [1.165, 1.54) is 12.1 Å². The second-order valence-electron chi connectivity index (χ2n) is 2.94. The summed E-state index contributed by atoms with van der Waals surface area (Å²) in [5.74, 6) is 0.541. The van der Waals surface area contributed by atoms with Crippen molar-refractivity contribution in [3.63, 3.8) is 0 Å². The molecule has 0 amide bonds. The summed E-state index contributed by atoms with van der Waals surface area (Å²) in [6, 6.07) is 6.15. The van der Waals surface area contributed by atoms with Gasteiger partial charge in [-0.15, -0.1) is 0 Å². The Hall–Kier alpha value is -1.71. The van der Waals surface area contributed by atoms with Gasteiger partial charge in [-0.1, -0.05) is 6.92 Å². The summed E-state index contributed by atoms with van der Waals surface area (Å²) in [6.45, 7) is 1.99. The Labute approximate surface area is 81.2 Å². The van der Waals surface area contributed by atoms with E-state index in [9.17, 15) is 4.39 Å². The predicted octanol–water partition coefficient (Wildman–Crippen LogP) is 1.97. The van der Waals surface area contributed by atoms with Crippen molar-refractivity contribution in [2.45, 2.75) is 13.3 Å². The lowest BCUT2D eigenvalue weighted by Gasteiger charge is -1.98. The van der Waals surface area contributed by atoms with Crippen LogP contribution in [0.4, 0.5) is 4.39 Å². The molecule has 1 aromatic heterocycles. The Morgan fingerprint density at radius 2 is 2.00 bits per heavy atom. The van der Waals surface area contributed by atoms with Crippen LogP contribution in [0.25, 0.3) is 5.69 Å². The van der Waals surface area contributed by atoms with Crippen LogP contribution >= 0.6 is 0 Å². The molecule has 72 valence electrons. The quantitative estimate of drug-likeness (QED) is 0.726. The molecule has 0 unspecified atom stereocenters. The van der Waals surface area contributed by atoms with E-state index in [1.54, 1.807) is 23.1 Å². The van der Waals surface area contributed by atoms with E-state index in [-0.39, 0.29) is 5.82 Å². The molecule has 1 aromatic carbocycles. The smallest absolute Gasteiger partial charge is 0.150 e. The maximum Gasteiger partial charge on any atom is 0.150 e. The molecule has 2 rings (SSSR count). The maximum absolute atomic E-state index is 12.6. The fourth-order valence-electron chi connectivity index (χ4n) is 1.18. The molecule has 0 fully saturated rings. The monoisotopic (exact) mass is 191 g/mol. The summed E-state index contributed by atoms with van der Waals surface area (Å²) in [6.07, 6.45) is 2.43. The van der Waals surface area contributed by atoms with E-state index >= 15 is 0 Å². The van der Waals surface area contributed by atoms with Crippen molar-refractivity contribution in [2.75, 3.05) is 0 Å². The average molecular weight is 191 g/mol. The standard InChI is InChI=1S/C10H10FN3/c1-2-10-12-7-14(13-10)9-5-3-8(11)4-6-9/h3-7H,2H2,1H3. The molecular formula is C10H10FN3. The van der Waals surface area contributed by atoms with Crippen LogP contribution in [0.5, 0.6) is 0 Å². The minimum absolute atomic E-state index is 0.246. The Morgan fingerprint density at radius 3 is 2.57 bits per heavy atom. The number of hydrogen-bond donors (Lipinski definition) is 0. The second-order valence-corrected chi connectivity index (χ2v) is 2.94. The lowest BCUT2D eigenvalue weighted by atomic mass is 10.3. The van der Waals surface area contributed by atoms with Crippen molar-refractivity contribution in [1.82, 2.24) is 14.8 Å². The topological polar surface area (TPSA) is 30.7 Å². The molecule has 0 N–H and O–H groups in total. The number of aryl methyl sites for hydroxylation is 1. The molecule has 14 heavy (non-hydrogen) atoms. The fourth-order valence-corrected chi connectivity index (χ4v) is 1.18. The zero-order chi connectivity index (χ0) is 9.97. The highest BCUT2D eigenvalue weighted by Gasteiger charge is 2.00. The van der Waals surface area contributed by atoms with Gasteiger partial charge in [0.25, 0.3) is 0 Å². The molecule has 0 aliphatic carbocycles. The number of halogens is 1. The number of nitrogens with zero attached hydrogens (tertiary/aromatic N) is 3. The SMILES string of the molecule is CCc1ncn(-c2ccc(F)cc2)n1. The van der Waals surface area contributed by atoms with E-state index < -0.39 is 0 Å². The molecule has 1 heterocycles. The summed E-state index contributed by atoms with van der Waals surface area (Å²) >= 11 is 0. The van der Waals surface area contributed by atoms with Gasteiger partial charge in [-0.3, -0.25) is 0 Å². The van der Waals surface area contributed by atoms with Crippen molar-refractivity contribution in [3.05, 3.63) is 42.2 Å². The van der Waals surface area contributed by atoms with Crippen LogP contribution in [0.2, 0.25) is 0 Å². The first kappa shape index (κ1) is 8.87. The van der Waals surface area contributed by atoms with Gasteiger partial charge in [0.15, 0.2) is 5.82 Å². The maximum atomic E-state index is 12.6. The van der Waals surface area contributed by atoms with E-state index in [0.29, 0.717) is 0 Å². The molecule has 0 radical (unpaired) electrons. The van der Waals surface area contributed by atoms with Crippen molar-refractivity contribution in [1.29, 1.82) is 0 Å². The van der Waals surface area contributed by atoms with E-state index in [0.717, 1.165) is 17.9 Å². The zero-order valence-electron chi connectivity index (χ0n) is 7.81. The lowest BCUT2D eigenvalue weighted by Crippen LogP contribution is -1.95. The second kappa shape index (κ2) is 3.57. The highest BCUT2D eigenvalue weighted by molar-refractivity contribution is 5.30. The lowest BCUT2D eigenvalue weighted by molar-refractivity contribution is 0.627. The minimum Gasteiger partial charge on any atom is -0.221 e. The predicted molar refractivity (Wildman–Crippen MR) is 50.7 cm³/mol. The Kier molecular flexibility index (Phi) is 2.26. The normalized spacial score (nSPS) is 10.4. The van der Waals surface area contributed by atoms with Gasteiger partial charge >= 0.3 is 0 Å². The average Bonchev–Trinajstić information content (AvgIpc) is 2.67. The van der Waals surface area contributed by atoms with Gasteiger partial charge < -0.3 is 0 Å². The van der Waals surface area contributed by atoms with E-state index in [4.69, 9.17) is 0 Å². The van der Waals surface area contributed by atoms with Crippen LogP contribution in [0, 0.1) is 5.82 Å². The summed E-state index contributed by atoms with van der Waals surface area (Å²) in [4.78, 5) is 4.09. The van der Waals surface area contributed by atoms with Gasteiger partial charge in [0.1, 0.15) is 12.1 Å². The molecule has 0 saturated heterocycles. The van der Waals surface area contributed by atoms with Crippen LogP contribution in [0.3, 0.4) is 0 Å². The van der Waals surface area contributed by atoms with E-state index in [1.807, 2.05) is 6.92 Å². The van der Waals surface area contributed by atoms with Crippen molar-refractivity contribution in [3.8, 4) is 5.69 Å². The summed E-state index contributed by atoms with van der Waals surface area (Å²) in [5, 5.41) is 4.21. The largest absolute Gasteiger partial charge is 0.221 e. The third kappa shape index (κ3) is 1.64. The van der Waals surface area contributed by atoms with Gasteiger partial charge in [-0.25, -0.2) is 14.1 Å². The Bertz CT molecular complexity index is 419. The highest BCUT2D eigenvalue weighted by atomic mass is 19.1. The first-order valence-electron chi connectivity index (χ1n) is 4.46. The van der Waals surface area contributed by atoms with Crippen LogP contribution in [0.15, 0.2) is 30.6 Å². The fraction of sp³-hybridized carbons (Fsp3) is 0.200. The van der Waals surface area contributed by atoms with Crippen LogP contribution < -0.4 is 0 Å². The molecule has 0 bridgehead atoms. The molecule has 0 saturated carbocycles. The van der Waals surface area contributed by atoms with Crippen LogP contribution in [-0.4, -0.2) is 14.8 Å². The van der Waals surface area contributed by atoms with E-state index in [2.05, 4.69) is 10.1 Å². The number of benzene rings is 1. The van der Waals surface area contributed by atoms with Gasteiger partial charge in [0.2, 0.25) is 0 Å². The minimum atomic E-state index is -0.246. The van der Waals surface area contributed by atoms with Gasteiger partial charge in [0.05, 0.1) is 5.69 Å². The summed E-state index contributed by atoms with van der Waals surface area (Å²) < 4.78 is 14.3. The van der Waals surface area contributed by atoms with Gasteiger partial charge in [-0.2, -0.15) is 5.10 Å². The molecule has 0 aliphatic rings. The van der Waals surface area contributed by atoms with Crippen molar-refractivity contribution >= 4 is 0 Å². The number of aromatic nitrogens is 3. The third-order valence-electron chi connectivity index (χ3n) is 1.95. The summed E-state index contributed by atoms with van der Waals surface area (Å²) in [5.41, 5.74) is 0.818. The molecule has 0 spiro atoms. The first-order valence-corrected chi connectivity index (χ1v) is 4.46. The van der Waals surface area contributed by atoms with Crippen LogP contribution in [0.1, 0.15) is 12.7 Å². The molecule has 0 aliphatic heterocycles. The van der Waals surface area contributed by atoms with Gasteiger partial charge in [0, 0.05) is 6.42 Å². The first-order chi connectivity index (χ1) is 6.79. The molecule has 0 atom stereocenters. The molecule has 4 heteroatoms. The molecule has 2 aromatic rings. The van der Waals surface area contributed by atoms with Gasteiger partial charge in [-0.05, 0) is 24.3 Å². The Morgan fingerprint density at radius 1 is 1.29 bits per heavy atom. The van der Waals surface area contributed by atoms with Crippen molar-refractivity contribution < 1.29 is 4.39 Å².